The highest BCUT2D eigenvalue weighted by Gasteiger charge is 2.31. The second kappa shape index (κ2) is 7.31. The lowest BCUT2D eigenvalue weighted by Crippen LogP contribution is -2.34. The van der Waals surface area contributed by atoms with Gasteiger partial charge >= 0.3 is 0 Å². The van der Waals surface area contributed by atoms with Crippen LogP contribution in [0, 0.1) is 11.8 Å². The second-order valence-electron chi connectivity index (χ2n) is 5.44. The maximum absolute atomic E-state index is 12.2. The molecule has 1 aliphatic carbocycles. The highest BCUT2D eigenvalue weighted by Crippen LogP contribution is 2.31. The van der Waals surface area contributed by atoms with E-state index in [0.29, 0.717) is 30.5 Å². The molecule has 5 nitrogen and oxygen atoms in total. The summed E-state index contributed by atoms with van der Waals surface area (Å²) in [4.78, 5) is 12.2. The Morgan fingerprint density at radius 3 is 2.71 bits per heavy atom. The van der Waals surface area contributed by atoms with Gasteiger partial charge in [-0.2, -0.15) is 0 Å². The standard InChI is InChI=1S/C16H24N2O3/c1-20-14-7-6-11(8-15(14)21-2)10-18-16(19)13-5-3-4-12(13)9-17/h6-8,12-13H,3-5,9-10,17H2,1-2H3,(H,18,19)/t12-,13-/m1/s1. The Morgan fingerprint density at radius 1 is 1.29 bits per heavy atom. The van der Waals surface area contributed by atoms with Gasteiger partial charge in [-0.05, 0) is 43.0 Å². The predicted octanol–water partition coefficient (Wildman–Crippen LogP) is 1.69. The number of carbonyl (C=O) groups is 1. The van der Waals surface area contributed by atoms with Crippen molar-refractivity contribution in [2.24, 2.45) is 17.6 Å². The lowest BCUT2D eigenvalue weighted by Gasteiger charge is -2.17. The molecule has 5 heteroatoms. The third-order valence-electron chi connectivity index (χ3n) is 4.21. The summed E-state index contributed by atoms with van der Waals surface area (Å²) < 4.78 is 10.5. The second-order valence-corrected chi connectivity index (χ2v) is 5.44. The molecule has 2 atom stereocenters. The van der Waals surface area contributed by atoms with Crippen LogP contribution in [-0.2, 0) is 11.3 Å². The Hall–Kier alpha value is -1.75. The van der Waals surface area contributed by atoms with Crippen molar-refractivity contribution in [3.05, 3.63) is 23.8 Å². The van der Waals surface area contributed by atoms with Crippen molar-refractivity contribution in [1.29, 1.82) is 0 Å². The Balaban J connectivity index is 1.95. The Morgan fingerprint density at radius 2 is 2.05 bits per heavy atom. The van der Waals surface area contributed by atoms with E-state index in [1.807, 2.05) is 18.2 Å². The van der Waals surface area contributed by atoms with Crippen molar-refractivity contribution in [1.82, 2.24) is 5.32 Å². The van der Waals surface area contributed by atoms with E-state index in [9.17, 15) is 4.79 Å². The molecule has 1 aliphatic rings. The van der Waals surface area contributed by atoms with Gasteiger partial charge in [-0.15, -0.1) is 0 Å². The molecule has 1 aromatic carbocycles. The number of nitrogens with two attached hydrogens (primary N) is 1. The lowest BCUT2D eigenvalue weighted by atomic mass is 9.95. The minimum Gasteiger partial charge on any atom is -0.493 e. The van der Waals surface area contributed by atoms with Gasteiger partial charge in [0.05, 0.1) is 14.2 Å². The van der Waals surface area contributed by atoms with Crippen molar-refractivity contribution in [3.8, 4) is 11.5 Å². The molecule has 0 heterocycles. The third-order valence-corrected chi connectivity index (χ3v) is 4.21. The van der Waals surface area contributed by atoms with Gasteiger partial charge in [0.1, 0.15) is 0 Å². The maximum Gasteiger partial charge on any atom is 0.223 e. The average Bonchev–Trinajstić information content (AvgIpc) is 3.00. The van der Waals surface area contributed by atoms with Crippen LogP contribution >= 0.6 is 0 Å². The molecule has 1 aromatic rings. The number of hydrogen-bond donors (Lipinski definition) is 2. The van der Waals surface area contributed by atoms with Gasteiger partial charge in [0.15, 0.2) is 11.5 Å². The molecule has 1 fully saturated rings. The molecular formula is C16H24N2O3. The minimum atomic E-state index is 0.0649. The monoisotopic (exact) mass is 292 g/mol. The van der Waals surface area contributed by atoms with E-state index in [1.165, 1.54) is 0 Å². The number of hydrogen-bond acceptors (Lipinski definition) is 4. The van der Waals surface area contributed by atoms with Gasteiger partial charge in [-0.25, -0.2) is 0 Å². The van der Waals surface area contributed by atoms with Crippen LogP contribution in [0.5, 0.6) is 11.5 Å². The van der Waals surface area contributed by atoms with Crippen LogP contribution in [0.25, 0.3) is 0 Å². The molecule has 2 rings (SSSR count). The molecule has 0 spiro atoms. The average molecular weight is 292 g/mol. The zero-order valence-corrected chi connectivity index (χ0v) is 12.7. The summed E-state index contributed by atoms with van der Waals surface area (Å²) in [7, 11) is 3.21. The van der Waals surface area contributed by atoms with Crippen LogP contribution in [0.2, 0.25) is 0 Å². The fourth-order valence-electron chi connectivity index (χ4n) is 2.97. The Kier molecular flexibility index (Phi) is 5.44. The molecule has 0 aromatic heterocycles. The van der Waals surface area contributed by atoms with E-state index in [2.05, 4.69) is 5.32 Å². The van der Waals surface area contributed by atoms with E-state index in [0.717, 1.165) is 24.8 Å². The van der Waals surface area contributed by atoms with Crippen molar-refractivity contribution in [3.63, 3.8) is 0 Å². The molecule has 0 radical (unpaired) electrons. The first-order chi connectivity index (χ1) is 10.2. The summed E-state index contributed by atoms with van der Waals surface area (Å²) in [5.74, 6) is 1.86. The third kappa shape index (κ3) is 3.67. The zero-order valence-electron chi connectivity index (χ0n) is 12.7. The van der Waals surface area contributed by atoms with Crippen molar-refractivity contribution >= 4 is 5.91 Å². The normalized spacial score (nSPS) is 21.1. The number of carbonyl (C=O) groups excluding carboxylic acids is 1. The fraction of sp³-hybridized carbons (Fsp3) is 0.562. The number of amides is 1. The van der Waals surface area contributed by atoms with Crippen LogP contribution in [0.15, 0.2) is 18.2 Å². The summed E-state index contributed by atoms with van der Waals surface area (Å²) in [6.07, 6.45) is 3.10. The van der Waals surface area contributed by atoms with Crippen molar-refractivity contribution < 1.29 is 14.3 Å². The van der Waals surface area contributed by atoms with Gasteiger partial charge in [0.2, 0.25) is 5.91 Å². The largest absolute Gasteiger partial charge is 0.493 e. The molecule has 0 saturated heterocycles. The van der Waals surface area contributed by atoms with Crippen LogP contribution < -0.4 is 20.5 Å². The number of rotatable bonds is 6. The van der Waals surface area contributed by atoms with Crippen molar-refractivity contribution in [2.75, 3.05) is 20.8 Å². The molecule has 0 bridgehead atoms. The van der Waals surface area contributed by atoms with E-state index >= 15 is 0 Å². The van der Waals surface area contributed by atoms with Crippen LogP contribution in [-0.4, -0.2) is 26.7 Å². The molecule has 0 aliphatic heterocycles. The first-order valence-corrected chi connectivity index (χ1v) is 7.38. The molecule has 3 N–H and O–H groups in total. The summed E-state index contributed by atoms with van der Waals surface area (Å²) >= 11 is 0. The minimum absolute atomic E-state index is 0.0649. The van der Waals surface area contributed by atoms with Gasteiger partial charge < -0.3 is 20.5 Å². The first kappa shape index (κ1) is 15.6. The Bertz CT molecular complexity index is 490. The van der Waals surface area contributed by atoms with Gasteiger partial charge in [-0.1, -0.05) is 12.5 Å². The summed E-state index contributed by atoms with van der Waals surface area (Å²) in [5, 5.41) is 3.00. The number of nitrogens with one attached hydrogen (secondary N) is 1. The highest BCUT2D eigenvalue weighted by atomic mass is 16.5. The Labute approximate surface area is 125 Å². The molecule has 1 saturated carbocycles. The number of benzene rings is 1. The lowest BCUT2D eigenvalue weighted by molar-refractivity contribution is -0.126. The number of ether oxygens (including phenoxy) is 2. The number of methoxy groups -OCH3 is 2. The van der Waals surface area contributed by atoms with E-state index in [1.54, 1.807) is 14.2 Å². The molecule has 116 valence electrons. The highest BCUT2D eigenvalue weighted by molar-refractivity contribution is 5.79. The molecule has 0 unspecified atom stereocenters. The smallest absolute Gasteiger partial charge is 0.223 e. The quantitative estimate of drug-likeness (QED) is 0.837. The van der Waals surface area contributed by atoms with Crippen LogP contribution in [0.3, 0.4) is 0 Å². The maximum atomic E-state index is 12.2. The van der Waals surface area contributed by atoms with E-state index in [4.69, 9.17) is 15.2 Å². The first-order valence-electron chi connectivity index (χ1n) is 7.38. The van der Waals surface area contributed by atoms with E-state index in [-0.39, 0.29) is 11.8 Å². The van der Waals surface area contributed by atoms with Gasteiger partial charge in [0, 0.05) is 12.5 Å². The van der Waals surface area contributed by atoms with Gasteiger partial charge in [-0.3, -0.25) is 4.79 Å². The van der Waals surface area contributed by atoms with E-state index < -0.39 is 0 Å². The molecular weight excluding hydrogens is 268 g/mol. The summed E-state index contributed by atoms with van der Waals surface area (Å²) in [6.45, 7) is 1.08. The van der Waals surface area contributed by atoms with Crippen LogP contribution in [0.1, 0.15) is 24.8 Å². The van der Waals surface area contributed by atoms with Gasteiger partial charge in [0.25, 0.3) is 0 Å². The summed E-state index contributed by atoms with van der Waals surface area (Å²) in [5.41, 5.74) is 6.72. The molecule has 1 amide bonds. The van der Waals surface area contributed by atoms with Crippen molar-refractivity contribution in [2.45, 2.75) is 25.8 Å². The SMILES string of the molecule is COc1ccc(CNC(=O)[C@@H]2CCC[C@@H]2CN)cc1OC. The van der Waals surface area contributed by atoms with Crippen LogP contribution in [0.4, 0.5) is 0 Å². The predicted molar refractivity (Wildman–Crippen MR) is 81.3 cm³/mol. The summed E-state index contributed by atoms with van der Waals surface area (Å²) in [6, 6.07) is 5.66. The fourth-order valence-corrected chi connectivity index (χ4v) is 2.97. The zero-order chi connectivity index (χ0) is 15.2. The topological polar surface area (TPSA) is 73.6 Å². The molecule has 21 heavy (non-hydrogen) atoms.